The molecule has 0 bridgehead atoms. The Morgan fingerprint density at radius 1 is 1.08 bits per heavy atom. The highest BCUT2D eigenvalue weighted by atomic mass is 35.5. The molecular formula is C10H18Cl2O. The third-order valence-electron chi connectivity index (χ3n) is 1.96. The normalized spacial score (nSPS) is 9.85. The van der Waals surface area contributed by atoms with E-state index in [1.165, 1.54) is 25.7 Å². The Bertz CT molecular complexity index is 151. The van der Waals surface area contributed by atoms with Crippen molar-refractivity contribution in [3.63, 3.8) is 0 Å². The maximum atomic E-state index is 5.60. The van der Waals surface area contributed by atoms with Crippen molar-refractivity contribution in [3.8, 4) is 0 Å². The number of ether oxygens (including phenoxy) is 1. The number of methoxy groups -OCH3 is 1. The van der Waals surface area contributed by atoms with Gasteiger partial charge in [-0.25, -0.2) is 0 Å². The summed E-state index contributed by atoms with van der Waals surface area (Å²) in [5.74, 6) is 0.708. The van der Waals surface area contributed by atoms with Gasteiger partial charge in [-0.1, -0.05) is 55.8 Å². The summed E-state index contributed by atoms with van der Waals surface area (Å²) in [4.78, 5) is 0. The molecule has 0 unspecified atom stereocenters. The predicted molar refractivity (Wildman–Crippen MR) is 59.1 cm³/mol. The second-order valence-electron chi connectivity index (χ2n) is 3.05. The van der Waals surface area contributed by atoms with Crippen molar-refractivity contribution in [2.24, 2.45) is 0 Å². The molecule has 0 fully saturated rings. The van der Waals surface area contributed by atoms with E-state index in [2.05, 4.69) is 6.92 Å². The van der Waals surface area contributed by atoms with Crippen molar-refractivity contribution in [1.29, 1.82) is 0 Å². The first-order valence-corrected chi connectivity index (χ1v) is 5.56. The number of hydrogen-bond donors (Lipinski definition) is 0. The van der Waals surface area contributed by atoms with E-state index in [0.717, 1.165) is 12.8 Å². The minimum atomic E-state index is 0.262. The quantitative estimate of drug-likeness (QED) is 0.453. The van der Waals surface area contributed by atoms with E-state index < -0.39 is 0 Å². The molecule has 0 aromatic rings. The van der Waals surface area contributed by atoms with E-state index in [9.17, 15) is 0 Å². The number of halogens is 2. The maximum absolute atomic E-state index is 5.60. The summed E-state index contributed by atoms with van der Waals surface area (Å²) in [6.45, 7) is 2.20. The molecule has 0 aliphatic rings. The molecule has 0 spiro atoms. The van der Waals surface area contributed by atoms with Crippen molar-refractivity contribution in [2.45, 2.75) is 45.4 Å². The number of rotatable bonds is 7. The largest absolute Gasteiger partial charge is 0.499 e. The van der Waals surface area contributed by atoms with Crippen LogP contribution in [0.2, 0.25) is 0 Å². The van der Waals surface area contributed by atoms with Gasteiger partial charge in [0.05, 0.1) is 7.11 Å². The molecule has 0 N–H and O–H groups in total. The van der Waals surface area contributed by atoms with E-state index in [-0.39, 0.29) is 4.49 Å². The van der Waals surface area contributed by atoms with Crippen LogP contribution in [0.1, 0.15) is 45.4 Å². The smallest absolute Gasteiger partial charge is 0.144 e. The number of hydrogen-bond acceptors (Lipinski definition) is 1. The van der Waals surface area contributed by atoms with Gasteiger partial charge >= 0.3 is 0 Å². The lowest BCUT2D eigenvalue weighted by atomic mass is 10.1. The zero-order chi connectivity index (χ0) is 10.1. The molecule has 13 heavy (non-hydrogen) atoms. The van der Waals surface area contributed by atoms with Crippen LogP contribution in [-0.4, -0.2) is 7.11 Å². The average molecular weight is 225 g/mol. The molecule has 0 aromatic carbocycles. The fourth-order valence-electron chi connectivity index (χ4n) is 1.16. The van der Waals surface area contributed by atoms with Crippen LogP contribution in [0, 0.1) is 0 Å². The second kappa shape index (κ2) is 8.71. The van der Waals surface area contributed by atoms with Crippen LogP contribution in [0.4, 0.5) is 0 Å². The summed E-state index contributed by atoms with van der Waals surface area (Å²) in [6.07, 6.45) is 7.04. The zero-order valence-corrected chi connectivity index (χ0v) is 9.92. The lowest BCUT2D eigenvalue weighted by molar-refractivity contribution is 0.273. The first kappa shape index (κ1) is 13.1. The van der Waals surface area contributed by atoms with Gasteiger partial charge in [0.25, 0.3) is 0 Å². The van der Waals surface area contributed by atoms with Gasteiger partial charge in [-0.15, -0.1) is 0 Å². The third-order valence-corrected chi connectivity index (χ3v) is 2.39. The van der Waals surface area contributed by atoms with Crippen molar-refractivity contribution in [2.75, 3.05) is 7.11 Å². The van der Waals surface area contributed by atoms with Crippen LogP contribution in [0.15, 0.2) is 10.3 Å². The van der Waals surface area contributed by atoms with Crippen LogP contribution in [0.5, 0.6) is 0 Å². The fourth-order valence-corrected chi connectivity index (χ4v) is 1.51. The van der Waals surface area contributed by atoms with Crippen LogP contribution in [0.3, 0.4) is 0 Å². The Kier molecular flexibility index (Phi) is 8.79. The first-order valence-electron chi connectivity index (χ1n) is 4.80. The Hall–Kier alpha value is 0.120. The van der Waals surface area contributed by atoms with Crippen molar-refractivity contribution < 1.29 is 4.74 Å². The van der Waals surface area contributed by atoms with Gasteiger partial charge in [0.2, 0.25) is 0 Å². The summed E-state index contributed by atoms with van der Waals surface area (Å²) >= 11 is 11.2. The molecular weight excluding hydrogens is 207 g/mol. The predicted octanol–water partition coefficient (Wildman–Crippen LogP) is 4.64. The Morgan fingerprint density at radius 2 is 1.69 bits per heavy atom. The third kappa shape index (κ3) is 7.21. The minimum Gasteiger partial charge on any atom is -0.499 e. The highest BCUT2D eigenvalue weighted by molar-refractivity contribution is 6.56. The van der Waals surface area contributed by atoms with Crippen molar-refractivity contribution >= 4 is 23.2 Å². The first-order chi connectivity index (χ1) is 6.22. The van der Waals surface area contributed by atoms with Crippen LogP contribution in [0.25, 0.3) is 0 Å². The molecule has 0 radical (unpaired) electrons. The summed E-state index contributed by atoms with van der Waals surface area (Å²) < 4.78 is 5.30. The van der Waals surface area contributed by atoms with Gasteiger partial charge in [0.1, 0.15) is 10.3 Å². The van der Waals surface area contributed by atoms with E-state index in [0.29, 0.717) is 5.76 Å². The van der Waals surface area contributed by atoms with Crippen LogP contribution < -0.4 is 0 Å². The highest BCUT2D eigenvalue weighted by Crippen LogP contribution is 2.20. The number of allylic oxidation sites excluding steroid dienone is 1. The summed E-state index contributed by atoms with van der Waals surface area (Å²) in [7, 11) is 1.60. The fraction of sp³-hybridized carbons (Fsp3) is 0.800. The van der Waals surface area contributed by atoms with Crippen molar-refractivity contribution in [1.82, 2.24) is 0 Å². The monoisotopic (exact) mass is 224 g/mol. The van der Waals surface area contributed by atoms with Gasteiger partial charge in [-0.2, -0.15) is 0 Å². The van der Waals surface area contributed by atoms with E-state index in [1.807, 2.05) is 0 Å². The molecule has 0 aliphatic carbocycles. The summed E-state index contributed by atoms with van der Waals surface area (Å²) in [6, 6.07) is 0. The van der Waals surface area contributed by atoms with Crippen molar-refractivity contribution in [3.05, 3.63) is 10.3 Å². The lowest BCUT2D eigenvalue weighted by Crippen LogP contribution is -1.88. The molecule has 0 saturated carbocycles. The minimum absolute atomic E-state index is 0.262. The van der Waals surface area contributed by atoms with Crippen LogP contribution >= 0.6 is 23.2 Å². The Morgan fingerprint density at radius 3 is 2.15 bits per heavy atom. The molecule has 0 saturated heterocycles. The Balaban J connectivity index is 3.46. The summed E-state index contributed by atoms with van der Waals surface area (Å²) in [5, 5.41) is 0. The van der Waals surface area contributed by atoms with Gasteiger partial charge in [0.15, 0.2) is 0 Å². The molecule has 78 valence electrons. The van der Waals surface area contributed by atoms with E-state index in [4.69, 9.17) is 27.9 Å². The van der Waals surface area contributed by atoms with Crippen LogP contribution in [-0.2, 0) is 4.74 Å². The highest BCUT2D eigenvalue weighted by Gasteiger charge is 2.01. The SMILES string of the molecule is CCCCCCCC(OC)=C(Cl)Cl. The second-order valence-corrected chi connectivity index (χ2v) is 4.00. The molecule has 0 aliphatic heterocycles. The Labute approximate surface area is 91.1 Å². The zero-order valence-electron chi connectivity index (χ0n) is 8.41. The molecule has 0 amide bonds. The molecule has 3 heteroatoms. The molecule has 1 nitrogen and oxygen atoms in total. The molecule has 0 rings (SSSR count). The molecule has 0 heterocycles. The average Bonchev–Trinajstić information content (AvgIpc) is 2.10. The van der Waals surface area contributed by atoms with E-state index in [1.54, 1.807) is 7.11 Å². The van der Waals surface area contributed by atoms with Gasteiger partial charge in [0, 0.05) is 6.42 Å². The topological polar surface area (TPSA) is 9.23 Å². The van der Waals surface area contributed by atoms with Gasteiger partial charge < -0.3 is 4.74 Å². The van der Waals surface area contributed by atoms with Gasteiger partial charge in [-0.05, 0) is 6.42 Å². The summed E-state index contributed by atoms with van der Waals surface area (Å²) in [5.41, 5.74) is 0. The number of unbranched alkanes of at least 4 members (excludes halogenated alkanes) is 4. The molecule has 0 atom stereocenters. The van der Waals surface area contributed by atoms with Gasteiger partial charge in [-0.3, -0.25) is 0 Å². The lowest BCUT2D eigenvalue weighted by Gasteiger charge is -2.05. The maximum Gasteiger partial charge on any atom is 0.144 e. The molecule has 0 aromatic heterocycles. The van der Waals surface area contributed by atoms with E-state index >= 15 is 0 Å². The standard InChI is InChI=1S/C10H18Cl2O/c1-3-4-5-6-7-8-9(13-2)10(11)12/h3-8H2,1-2H3.